The molecular formula is C8H16N2OS. The van der Waals surface area contributed by atoms with Crippen LogP contribution in [0.15, 0.2) is 0 Å². The molecule has 0 saturated carbocycles. The highest BCUT2D eigenvalue weighted by atomic mass is 32.2. The first kappa shape index (κ1) is 9.86. The summed E-state index contributed by atoms with van der Waals surface area (Å²) >= 11 is 1.86. The van der Waals surface area contributed by atoms with Crippen LogP contribution in [0.4, 0.5) is 0 Å². The Morgan fingerprint density at radius 3 is 3.08 bits per heavy atom. The van der Waals surface area contributed by atoms with Crippen molar-refractivity contribution in [3.8, 4) is 0 Å². The molecule has 4 heteroatoms. The van der Waals surface area contributed by atoms with E-state index in [4.69, 9.17) is 0 Å². The molecular weight excluding hydrogens is 172 g/mol. The fraction of sp³-hybridized carbons (Fsp3) is 0.875. The molecule has 2 atom stereocenters. The van der Waals surface area contributed by atoms with E-state index in [-0.39, 0.29) is 5.91 Å². The molecule has 1 fully saturated rings. The maximum Gasteiger partial charge on any atom is 0.222 e. The van der Waals surface area contributed by atoms with Crippen LogP contribution in [0.3, 0.4) is 0 Å². The lowest BCUT2D eigenvalue weighted by Gasteiger charge is -2.27. The number of hydrogen-bond acceptors (Lipinski definition) is 3. The molecule has 12 heavy (non-hydrogen) atoms. The van der Waals surface area contributed by atoms with E-state index in [0.29, 0.717) is 17.0 Å². The average Bonchev–Trinajstić information content (AvgIpc) is 2.04. The standard InChI is InChI=1S/C8H16N2OS/c1-6-3-4-10-8(12-6)5-7(11)9-2/h6,8,10H,3-5H2,1-2H3,(H,9,11). The molecule has 1 rings (SSSR count). The molecule has 3 nitrogen and oxygen atoms in total. The van der Waals surface area contributed by atoms with E-state index in [2.05, 4.69) is 17.6 Å². The van der Waals surface area contributed by atoms with Gasteiger partial charge in [0.15, 0.2) is 0 Å². The summed E-state index contributed by atoms with van der Waals surface area (Å²) in [6, 6.07) is 0. The molecule has 1 saturated heterocycles. The van der Waals surface area contributed by atoms with Crippen LogP contribution in [0.5, 0.6) is 0 Å². The molecule has 1 aliphatic heterocycles. The highest BCUT2D eigenvalue weighted by Crippen LogP contribution is 2.24. The zero-order chi connectivity index (χ0) is 8.97. The first-order chi connectivity index (χ1) is 5.72. The topological polar surface area (TPSA) is 41.1 Å². The van der Waals surface area contributed by atoms with Crippen LogP contribution in [0.25, 0.3) is 0 Å². The smallest absolute Gasteiger partial charge is 0.222 e. The van der Waals surface area contributed by atoms with Crippen molar-refractivity contribution in [3.05, 3.63) is 0 Å². The molecule has 1 aliphatic rings. The molecule has 0 bridgehead atoms. The maximum atomic E-state index is 11.0. The van der Waals surface area contributed by atoms with Crippen molar-refractivity contribution in [1.29, 1.82) is 0 Å². The van der Waals surface area contributed by atoms with E-state index >= 15 is 0 Å². The molecule has 0 radical (unpaired) electrons. The zero-order valence-electron chi connectivity index (χ0n) is 7.59. The Bertz CT molecular complexity index is 163. The molecule has 0 aliphatic carbocycles. The third kappa shape index (κ3) is 3.03. The lowest BCUT2D eigenvalue weighted by Crippen LogP contribution is -2.38. The summed E-state index contributed by atoms with van der Waals surface area (Å²) in [5.74, 6) is 0.120. The first-order valence-electron chi connectivity index (χ1n) is 4.32. The van der Waals surface area contributed by atoms with Crippen LogP contribution in [0, 0.1) is 0 Å². The van der Waals surface area contributed by atoms with Crippen molar-refractivity contribution in [3.63, 3.8) is 0 Å². The van der Waals surface area contributed by atoms with Gasteiger partial charge in [0.2, 0.25) is 5.91 Å². The molecule has 1 heterocycles. The summed E-state index contributed by atoms with van der Waals surface area (Å²) in [6.07, 6.45) is 1.79. The first-order valence-corrected chi connectivity index (χ1v) is 5.26. The van der Waals surface area contributed by atoms with Crippen LogP contribution in [0.1, 0.15) is 19.8 Å². The second-order valence-electron chi connectivity index (χ2n) is 3.06. The minimum atomic E-state index is 0.120. The van der Waals surface area contributed by atoms with Crippen LogP contribution in [0.2, 0.25) is 0 Å². The van der Waals surface area contributed by atoms with Crippen molar-refractivity contribution < 1.29 is 4.79 Å². The van der Waals surface area contributed by atoms with Gasteiger partial charge >= 0.3 is 0 Å². The summed E-state index contributed by atoms with van der Waals surface area (Å²) in [5, 5.41) is 6.95. The fourth-order valence-corrected chi connectivity index (χ4v) is 2.51. The molecule has 2 N–H and O–H groups in total. The van der Waals surface area contributed by atoms with Gasteiger partial charge in [-0.25, -0.2) is 0 Å². The molecule has 1 amide bonds. The third-order valence-corrected chi connectivity index (χ3v) is 3.33. The van der Waals surface area contributed by atoms with E-state index in [1.165, 1.54) is 6.42 Å². The SMILES string of the molecule is CNC(=O)CC1NCCC(C)S1. The number of carbonyl (C=O) groups is 1. The summed E-state index contributed by atoms with van der Waals surface area (Å²) < 4.78 is 0. The summed E-state index contributed by atoms with van der Waals surface area (Å²) in [4.78, 5) is 11.0. The Balaban J connectivity index is 2.27. The van der Waals surface area contributed by atoms with E-state index in [1.807, 2.05) is 11.8 Å². The van der Waals surface area contributed by atoms with Crippen LogP contribution in [-0.2, 0) is 4.79 Å². The van der Waals surface area contributed by atoms with Crippen molar-refractivity contribution in [2.45, 2.75) is 30.4 Å². The van der Waals surface area contributed by atoms with Gasteiger partial charge in [-0.1, -0.05) is 6.92 Å². The second kappa shape index (κ2) is 4.72. The normalized spacial score (nSPS) is 29.8. The number of hydrogen-bond donors (Lipinski definition) is 2. The molecule has 2 unspecified atom stereocenters. The van der Waals surface area contributed by atoms with Crippen LogP contribution < -0.4 is 10.6 Å². The van der Waals surface area contributed by atoms with Gasteiger partial charge in [-0.3, -0.25) is 4.79 Å². The average molecular weight is 188 g/mol. The van der Waals surface area contributed by atoms with Gasteiger partial charge in [0.25, 0.3) is 0 Å². The van der Waals surface area contributed by atoms with Crippen LogP contribution >= 0.6 is 11.8 Å². The highest BCUT2D eigenvalue weighted by molar-refractivity contribution is 8.00. The van der Waals surface area contributed by atoms with Crippen molar-refractivity contribution in [2.75, 3.05) is 13.6 Å². The Morgan fingerprint density at radius 1 is 1.75 bits per heavy atom. The number of nitrogens with one attached hydrogen (secondary N) is 2. The van der Waals surface area contributed by atoms with Gasteiger partial charge in [-0.15, -0.1) is 11.8 Å². The molecule has 70 valence electrons. The second-order valence-corrected chi connectivity index (χ2v) is 4.70. The van der Waals surface area contributed by atoms with E-state index in [1.54, 1.807) is 7.05 Å². The van der Waals surface area contributed by atoms with Gasteiger partial charge in [0.1, 0.15) is 0 Å². The third-order valence-electron chi connectivity index (χ3n) is 1.97. The fourth-order valence-electron chi connectivity index (χ4n) is 1.23. The van der Waals surface area contributed by atoms with Crippen molar-refractivity contribution in [2.24, 2.45) is 0 Å². The summed E-state index contributed by atoms with van der Waals surface area (Å²) in [7, 11) is 1.68. The van der Waals surface area contributed by atoms with Gasteiger partial charge in [-0.2, -0.15) is 0 Å². The predicted octanol–water partition coefficient (Wildman–Crippen LogP) is 0.564. The monoisotopic (exact) mass is 188 g/mol. The Kier molecular flexibility index (Phi) is 3.88. The Labute approximate surface area is 77.7 Å². The van der Waals surface area contributed by atoms with Gasteiger partial charge < -0.3 is 10.6 Å². The van der Waals surface area contributed by atoms with Gasteiger partial charge in [0, 0.05) is 12.3 Å². The minimum absolute atomic E-state index is 0.120. The summed E-state index contributed by atoms with van der Waals surface area (Å²) in [5.41, 5.74) is 0. The molecule has 0 aromatic rings. The Morgan fingerprint density at radius 2 is 2.50 bits per heavy atom. The molecule has 0 spiro atoms. The summed E-state index contributed by atoms with van der Waals surface area (Å²) in [6.45, 7) is 3.25. The lowest BCUT2D eigenvalue weighted by atomic mass is 10.3. The number of thioether (sulfide) groups is 1. The number of amides is 1. The van der Waals surface area contributed by atoms with Crippen LogP contribution in [-0.4, -0.2) is 30.1 Å². The van der Waals surface area contributed by atoms with E-state index < -0.39 is 0 Å². The van der Waals surface area contributed by atoms with Crippen molar-refractivity contribution >= 4 is 17.7 Å². The zero-order valence-corrected chi connectivity index (χ0v) is 8.41. The minimum Gasteiger partial charge on any atom is -0.359 e. The lowest BCUT2D eigenvalue weighted by molar-refractivity contribution is -0.120. The van der Waals surface area contributed by atoms with E-state index in [0.717, 1.165) is 6.54 Å². The Hall–Kier alpha value is -0.220. The highest BCUT2D eigenvalue weighted by Gasteiger charge is 2.20. The number of rotatable bonds is 2. The van der Waals surface area contributed by atoms with Gasteiger partial charge in [0.05, 0.1) is 11.8 Å². The quantitative estimate of drug-likeness (QED) is 0.665. The molecule has 0 aromatic carbocycles. The maximum absolute atomic E-state index is 11.0. The number of carbonyl (C=O) groups excluding carboxylic acids is 1. The predicted molar refractivity (Wildman–Crippen MR) is 52.1 cm³/mol. The largest absolute Gasteiger partial charge is 0.359 e. The van der Waals surface area contributed by atoms with Gasteiger partial charge in [-0.05, 0) is 13.0 Å². The van der Waals surface area contributed by atoms with E-state index in [9.17, 15) is 4.79 Å². The van der Waals surface area contributed by atoms with Crippen molar-refractivity contribution in [1.82, 2.24) is 10.6 Å². The molecule has 0 aromatic heterocycles.